The Hall–Kier alpha value is -3.38. The molecular formula is C29H31NO4S. The van der Waals surface area contributed by atoms with Crippen LogP contribution in [-0.2, 0) is 20.2 Å². The van der Waals surface area contributed by atoms with Crippen molar-refractivity contribution in [3.05, 3.63) is 77.4 Å². The number of Topliss-reactive ketones (excluding diaryl/α,β-unsaturated/α-hetero) is 1. The lowest BCUT2D eigenvalue weighted by Crippen LogP contribution is -2.15. The lowest BCUT2D eigenvalue weighted by molar-refractivity contribution is -0.113. The molecule has 0 bridgehead atoms. The van der Waals surface area contributed by atoms with Gasteiger partial charge in [-0.05, 0) is 58.7 Å². The first-order valence-corrected chi connectivity index (χ1v) is 13.4. The van der Waals surface area contributed by atoms with Gasteiger partial charge in [0.05, 0.1) is 13.4 Å². The van der Waals surface area contributed by atoms with Gasteiger partial charge in [0.1, 0.15) is 5.75 Å². The van der Waals surface area contributed by atoms with Gasteiger partial charge in [-0.1, -0.05) is 62.8 Å². The minimum absolute atomic E-state index is 0.120. The number of anilines is 1. The van der Waals surface area contributed by atoms with Gasteiger partial charge in [0.25, 0.3) is 0 Å². The van der Waals surface area contributed by atoms with E-state index < -0.39 is 10.0 Å². The summed E-state index contributed by atoms with van der Waals surface area (Å²) in [6.45, 7) is 8.39. The van der Waals surface area contributed by atoms with Crippen LogP contribution >= 0.6 is 0 Å². The molecular weight excluding hydrogens is 458 g/mol. The number of fused-ring (bicyclic) bond motifs is 1. The molecule has 0 fully saturated rings. The van der Waals surface area contributed by atoms with E-state index in [1.165, 1.54) is 0 Å². The molecule has 0 atom stereocenters. The summed E-state index contributed by atoms with van der Waals surface area (Å²) in [4.78, 5) is 13.0. The highest BCUT2D eigenvalue weighted by atomic mass is 32.2. The van der Waals surface area contributed by atoms with Crippen LogP contribution in [0.3, 0.4) is 0 Å². The predicted molar refractivity (Wildman–Crippen MR) is 144 cm³/mol. The van der Waals surface area contributed by atoms with Crippen molar-refractivity contribution < 1.29 is 17.9 Å². The summed E-state index contributed by atoms with van der Waals surface area (Å²) < 4.78 is 31.5. The lowest BCUT2D eigenvalue weighted by atomic mass is 9.80. The summed E-state index contributed by atoms with van der Waals surface area (Å²) >= 11 is 0. The molecule has 0 radical (unpaired) electrons. The van der Waals surface area contributed by atoms with Crippen LogP contribution in [0, 0.1) is 0 Å². The number of hydrogen-bond donors (Lipinski definition) is 1. The van der Waals surface area contributed by atoms with Crippen LogP contribution in [0.1, 0.15) is 45.2 Å². The SMILES string of the molecule is COc1c(C(C)(C)C)cc(C2=CC=C(C)CC2=O)c2ccc(-c3ccc(NS(C)(=O)=O)cc3)cc12. The Morgan fingerprint density at radius 2 is 1.57 bits per heavy atom. The number of ether oxygens (including phenoxy) is 1. The molecule has 3 aromatic rings. The zero-order chi connectivity index (χ0) is 25.5. The van der Waals surface area contributed by atoms with E-state index in [0.29, 0.717) is 12.1 Å². The fourth-order valence-corrected chi connectivity index (χ4v) is 5.05. The molecule has 0 saturated heterocycles. The summed E-state index contributed by atoms with van der Waals surface area (Å²) in [6, 6.07) is 15.5. The molecule has 0 unspecified atom stereocenters. The van der Waals surface area contributed by atoms with Gasteiger partial charge in [-0.25, -0.2) is 8.42 Å². The number of hydrogen-bond acceptors (Lipinski definition) is 4. The van der Waals surface area contributed by atoms with E-state index in [2.05, 4.69) is 37.6 Å². The molecule has 0 amide bonds. The van der Waals surface area contributed by atoms with Crippen LogP contribution in [0.25, 0.3) is 27.5 Å². The largest absolute Gasteiger partial charge is 0.496 e. The van der Waals surface area contributed by atoms with E-state index >= 15 is 0 Å². The van der Waals surface area contributed by atoms with Crippen LogP contribution in [0.15, 0.2) is 66.3 Å². The molecule has 182 valence electrons. The summed E-state index contributed by atoms with van der Waals surface area (Å²) in [6.07, 6.45) is 5.50. The number of benzene rings is 3. The highest BCUT2D eigenvalue weighted by molar-refractivity contribution is 7.92. The van der Waals surface area contributed by atoms with E-state index in [-0.39, 0.29) is 11.2 Å². The van der Waals surface area contributed by atoms with Gasteiger partial charge in [-0.2, -0.15) is 0 Å². The molecule has 6 heteroatoms. The number of allylic oxidation sites excluding steroid dienone is 4. The molecule has 0 saturated carbocycles. The van der Waals surface area contributed by atoms with Gasteiger partial charge in [-0.3, -0.25) is 9.52 Å². The summed E-state index contributed by atoms with van der Waals surface area (Å²) in [5, 5.41) is 1.90. The average Bonchev–Trinajstić information content (AvgIpc) is 2.76. The van der Waals surface area contributed by atoms with Crippen molar-refractivity contribution in [2.24, 2.45) is 0 Å². The normalized spacial score (nSPS) is 14.5. The minimum atomic E-state index is -3.34. The Morgan fingerprint density at radius 3 is 2.14 bits per heavy atom. The average molecular weight is 490 g/mol. The van der Waals surface area contributed by atoms with Crippen LogP contribution in [0.4, 0.5) is 5.69 Å². The minimum Gasteiger partial charge on any atom is -0.496 e. The zero-order valence-electron chi connectivity index (χ0n) is 21.0. The summed E-state index contributed by atoms with van der Waals surface area (Å²) in [5.41, 5.74) is 5.96. The van der Waals surface area contributed by atoms with Crippen molar-refractivity contribution in [3.8, 4) is 16.9 Å². The third-order valence-electron chi connectivity index (χ3n) is 6.19. The summed E-state index contributed by atoms with van der Waals surface area (Å²) in [7, 11) is -1.66. The molecule has 5 nitrogen and oxygen atoms in total. The van der Waals surface area contributed by atoms with Crippen LogP contribution in [-0.4, -0.2) is 27.6 Å². The molecule has 35 heavy (non-hydrogen) atoms. The first-order valence-electron chi connectivity index (χ1n) is 11.5. The van der Waals surface area contributed by atoms with Crippen molar-refractivity contribution in [2.45, 2.75) is 39.5 Å². The molecule has 1 aliphatic rings. The Bertz CT molecular complexity index is 1490. The van der Waals surface area contributed by atoms with Crippen LogP contribution in [0.5, 0.6) is 5.75 Å². The number of rotatable bonds is 5. The molecule has 4 rings (SSSR count). The maximum absolute atomic E-state index is 13.0. The number of carbonyl (C=O) groups excluding carboxylic acids is 1. The van der Waals surface area contributed by atoms with Crippen LogP contribution in [0.2, 0.25) is 0 Å². The number of carbonyl (C=O) groups is 1. The van der Waals surface area contributed by atoms with E-state index in [1.807, 2.05) is 43.3 Å². The molecule has 1 N–H and O–H groups in total. The highest BCUT2D eigenvalue weighted by Crippen LogP contribution is 2.43. The smallest absolute Gasteiger partial charge is 0.229 e. The molecule has 0 spiro atoms. The first-order chi connectivity index (χ1) is 16.4. The first kappa shape index (κ1) is 24.7. The monoisotopic (exact) mass is 489 g/mol. The molecule has 3 aromatic carbocycles. The van der Waals surface area contributed by atoms with Gasteiger partial charge in [0.2, 0.25) is 10.0 Å². The van der Waals surface area contributed by atoms with E-state index in [4.69, 9.17) is 4.74 Å². The summed E-state index contributed by atoms with van der Waals surface area (Å²) in [5.74, 6) is 0.915. The molecule has 0 heterocycles. The highest BCUT2D eigenvalue weighted by Gasteiger charge is 2.26. The number of nitrogens with one attached hydrogen (secondary N) is 1. The van der Waals surface area contributed by atoms with Crippen molar-refractivity contribution in [1.29, 1.82) is 0 Å². The predicted octanol–water partition coefficient (Wildman–Crippen LogP) is 6.49. The van der Waals surface area contributed by atoms with Gasteiger partial charge in [0.15, 0.2) is 5.78 Å². The molecule has 0 aliphatic heterocycles. The second-order valence-corrected chi connectivity index (χ2v) is 11.9. The second-order valence-electron chi connectivity index (χ2n) is 10.2. The zero-order valence-corrected chi connectivity index (χ0v) is 21.8. The standard InChI is InChI=1S/C29H31NO4S/c1-18-7-13-23(27(31)15-18)24-17-26(29(2,3)4)28(34-5)25-16-20(10-14-22(24)25)19-8-11-21(12-9-19)30-35(6,32)33/h7-14,16-17,30H,15H2,1-6H3. The van der Waals surface area contributed by atoms with Crippen molar-refractivity contribution in [1.82, 2.24) is 0 Å². The van der Waals surface area contributed by atoms with E-state index in [1.54, 1.807) is 19.2 Å². The second kappa shape index (κ2) is 9.00. The van der Waals surface area contributed by atoms with Gasteiger partial charge in [-0.15, -0.1) is 0 Å². The number of ketones is 1. The molecule has 0 aromatic heterocycles. The van der Waals surface area contributed by atoms with Crippen molar-refractivity contribution in [3.63, 3.8) is 0 Å². The maximum atomic E-state index is 13.0. The molecule has 1 aliphatic carbocycles. The van der Waals surface area contributed by atoms with Crippen molar-refractivity contribution in [2.75, 3.05) is 18.1 Å². The number of methoxy groups -OCH3 is 1. The van der Waals surface area contributed by atoms with Gasteiger partial charge in [0, 0.05) is 28.6 Å². The Labute approximate surface area is 207 Å². The number of sulfonamides is 1. The van der Waals surface area contributed by atoms with E-state index in [0.717, 1.165) is 56.2 Å². The van der Waals surface area contributed by atoms with Gasteiger partial charge < -0.3 is 4.74 Å². The maximum Gasteiger partial charge on any atom is 0.229 e. The Balaban J connectivity index is 1.93. The third-order valence-corrected chi connectivity index (χ3v) is 6.79. The fraction of sp³-hybridized carbons (Fsp3) is 0.276. The lowest BCUT2D eigenvalue weighted by Gasteiger charge is -2.26. The third kappa shape index (κ3) is 5.17. The van der Waals surface area contributed by atoms with Crippen molar-refractivity contribution >= 4 is 37.8 Å². The van der Waals surface area contributed by atoms with E-state index in [9.17, 15) is 13.2 Å². The quantitative estimate of drug-likeness (QED) is 0.445. The topological polar surface area (TPSA) is 72.5 Å². The fourth-order valence-electron chi connectivity index (χ4n) is 4.49. The Morgan fingerprint density at radius 1 is 0.914 bits per heavy atom. The van der Waals surface area contributed by atoms with Crippen LogP contribution < -0.4 is 9.46 Å². The van der Waals surface area contributed by atoms with Gasteiger partial charge >= 0.3 is 0 Å². The Kier molecular flexibility index (Phi) is 6.36.